The van der Waals surface area contributed by atoms with Gasteiger partial charge in [0.2, 0.25) is 0 Å². The van der Waals surface area contributed by atoms with E-state index >= 15 is 0 Å². The summed E-state index contributed by atoms with van der Waals surface area (Å²) in [6, 6.07) is 6.70. The van der Waals surface area contributed by atoms with Gasteiger partial charge in [-0.3, -0.25) is 9.69 Å². The van der Waals surface area contributed by atoms with Gasteiger partial charge >= 0.3 is 5.97 Å². The first kappa shape index (κ1) is 13.9. The fourth-order valence-corrected chi connectivity index (χ4v) is 2.07. The van der Waals surface area contributed by atoms with E-state index in [2.05, 4.69) is 4.90 Å². The number of hydrogen-bond acceptors (Lipinski definition) is 2. The summed E-state index contributed by atoms with van der Waals surface area (Å²) in [7, 11) is 0. The average molecular weight is 269 g/mol. The molecule has 0 spiro atoms. The van der Waals surface area contributed by atoms with Gasteiger partial charge in [-0.1, -0.05) is 24.3 Å². The van der Waals surface area contributed by atoms with Crippen molar-refractivity contribution in [3.05, 3.63) is 35.4 Å². The van der Waals surface area contributed by atoms with Crippen LogP contribution in [0.2, 0.25) is 0 Å². The van der Waals surface area contributed by atoms with Gasteiger partial charge in [0.05, 0.1) is 6.42 Å². The third kappa shape index (κ3) is 4.28. The van der Waals surface area contributed by atoms with Gasteiger partial charge in [-0.15, -0.1) is 0 Å². The Kier molecular flexibility index (Phi) is 4.47. The minimum absolute atomic E-state index is 0.0206. The Hall–Kier alpha value is -1.49. The summed E-state index contributed by atoms with van der Waals surface area (Å²) < 4.78 is 24.9. The van der Waals surface area contributed by atoms with Gasteiger partial charge < -0.3 is 5.11 Å². The Morgan fingerprint density at radius 2 is 1.95 bits per heavy atom. The van der Waals surface area contributed by atoms with Gasteiger partial charge in [-0.05, 0) is 18.4 Å². The van der Waals surface area contributed by atoms with E-state index in [4.69, 9.17) is 5.11 Å². The second-order valence-corrected chi connectivity index (χ2v) is 4.89. The predicted molar refractivity (Wildman–Crippen MR) is 67.1 cm³/mol. The smallest absolute Gasteiger partial charge is 0.304 e. The molecule has 1 saturated carbocycles. The third-order valence-corrected chi connectivity index (χ3v) is 3.29. The van der Waals surface area contributed by atoms with Crippen LogP contribution in [0.3, 0.4) is 0 Å². The summed E-state index contributed by atoms with van der Waals surface area (Å²) in [5.74, 6) is -0.807. The molecule has 0 amide bonds. The highest BCUT2D eigenvalue weighted by atomic mass is 19.3. The molecule has 19 heavy (non-hydrogen) atoms. The molecule has 0 bridgehead atoms. The summed E-state index contributed by atoms with van der Waals surface area (Å²) in [6.45, 7) is 1.14. The lowest BCUT2D eigenvalue weighted by molar-refractivity contribution is -0.137. The number of benzene rings is 1. The number of carboxylic acid groups (broad SMARTS) is 1. The molecule has 1 aliphatic carbocycles. The molecule has 1 aromatic rings. The fraction of sp³-hybridized carbons (Fsp3) is 0.500. The molecule has 1 fully saturated rings. The largest absolute Gasteiger partial charge is 0.481 e. The minimum atomic E-state index is -2.44. The molecule has 1 N–H and O–H groups in total. The van der Waals surface area contributed by atoms with Crippen molar-refractivity contribution in [2.45, 2.75) is 38.3 Å². The molecule has 1 aromatic carbocycles. The maximum atomic E-state index is 12.4. The van der Waals surface area contributed by atoms with Gasteiger partial charge in [0, 0.05) is 24.7 Å². The second-order valence-electron chi connectivity index (χ2n) is 4.89. The Bertz CT molecular complexity index is 430. The summed E-state index contributed by atoms with van der Waals surface area (Å²) in [5, 5.41) is 8.72. The lowest BCUT2D eigenvalue weighted by Gasteiger charge is -2.21. The number of rotatable bonds is 7. The van der Waals surface area contributed by atoms with Crippen molar-refractivity contribution < 1.29 is 18.7 Å². The van der Waals surface area contributed by atoms with Crippen LogP contribution >= 0.6 is 0 Å². The van der Waals surface area contributed by atoms with Crippen LogP contribution in [0.1, 0.15) is 36.8 Å². The van der Waals surface area contributed by atoms with Crippen LogP contribution in [-0.4, -0.2) is 28.6 Å². The summed E-state index contributed by atoms with van der Waals surface area (Å²) in [5.41, 5.74) is 0.967. The number of nitrogens with zero attached hydrogens (tertiary/aromatic N) is 1. The molecule has 0 radical (unpaired) electrons. The summed E-state index contributed by atoms with van der Waals surface area (Å²) >= 11 is 0. The van der Waals surface area contributed by atoms with Crippen LogP contribution in [0, 0.1) is 0 Å². The molecule has 0 atom stereocenters. The van der Waals surface area contributed by atoms with Crippen molar-refractivity contribution in [3.63, 3.8) is 0 Å². The normalized spacial score (nSPS) is 15.2. The van der Waals surface area contributed by atoms with E-state index in [1.165, 1.54) is 12.1 Å². The van der Waals surface area contributed by atoms with E-state index in [0.717, 1.165) is 18.4 Å². The molecule has 0 aliphatic heterocycles. The summed E-state index contributed by atoms with van der Waals surface area (Å²) in [4.78, 5) is 12.7. The average Bonchev–Trinajstić information content (AvgIpc) is 3.19. The van der Waals surface area contributed by atoms with Gasteiger partial charge in [0.1, 0.15) is 0 Å². The van der Waals surface area contributed by atoms with Crippen LogP contribution in [0.15, 0.2) is 24.3 Å². The van der Waals surface area contributed by atoms with E-state index in [1.807, 2.05) is 0 Å². The van der Waals surface area contributed by atoms with Gasteiger partial charge in [0.15, 0.2) is 0 Å². The number of carbonyl (C=O) groups is 1. The molecule has 5 heteroatoms. The highest BCUT2D eigenvalue weighted by molar-refractivity contribution is 5.66. The lowest BCUT2D eigenvalue weighted by atomic mass is 10.1. The first-order valence-corrected chi connectivity index (χ1v) is 6.39. The Balaban J connectivity index is 1.94. The zero-order valence-corrected chi connectivity index (χ0v) is 10.6. The molecular formula is C14H17F2NO2. The van der Waals surface area contributed by atoms with Crippen molar-refractivity contribution in [2.24, 2.45) is 0 Å². The Morgan fingerprint density at radius 3 is 2.42 bits per heavy atom. The molecule has 2 rings (SSSR count). The number of alkyl halides is 2. The molecule has 3 nitrogen and oxygen atoms in total. The maximum Gasteiger partial charge on any atom is 0.304 e. The van der Waals surface area contributed by atoms with E-state index in [0.29, 0.717) is 19.1 Å². The molecule has 0 saturated heterocycles. The molecule has 1 aliphatic rings. The zero-order valence-electron chi connectivity index (χ0n) is 10.6. The SMILES string of the molecule is O=C(O)CCN(Cc1ccc(C(F)F)cc1)C1CC1. The lowest BCUT2D eigenvalue weighted by Crippen LogP contribution is -2.28. The number of halogens is 2. The molecular weight excluding hydrogens is 252 g/mol. The third-order valence-electron chi connectivity index (χ3n) is 3.29. The Morgan fingerprint density at radius 1 is 1.32 bits per heavy atom. The topological polar surface area (TPSA) is 40.5 Å². The number of aliphatic carboxylic acids is 1. The molecule has 104 valence electrons. The van der Waals surface area contributed by atoms with E-state index in [1.54, 1.807) is 12.1 Å². The van der Waals surface area contributed by atoms with Gasteiger partial charge in [-0.25, -0.2) is 8.78 Å². The van der Waals surface area contributed by atoms with Crippen LogP contribution < -0.4 is 0 Å². The standard InChI is InChI=1S/C14H17F2NO2/c15-14(16)11-3-1-10(2-4-11)9-17(12-5-6-12)8-7-13(18)19/h1-4,12,14H,5-9H2,(H,18,19). The van der Waals surface area contributed by atoms with Crippen molar-refractivity contribution in [3.8, 4) is 0 Å². The maximum absolute atomic E-state index is 12.4. The zero-order chi connectivity index (χ0) is 13.8. The Labute approximate surface area is 110 Å². The number of carboxylic acids is 1. The van der Waals surface area contributed by atoms with Crippen LogP contribution in [0.5, 0.6) is 0 Å². The monoisotopic (exact) mass is 269 g/mol. The van der Waals surface area contributed by atoms with Crippen molar-refractivity contribution in [2.75, 3.05) is 6.54 Å². The quantitative estimate of drug-likeness (QED) is 0.827. The van der Waals surface area contributed by atoms with Gasteiger partial charge in [0.25, 0.3) is 6.43 Å². The predicted octanol–water partition coefficient (Wildman–Crippen LogP) is 3.06. The van der Waals surface area contributed by atoms with Crippen molar-refractivity contribution in [1.82, 2.24) is 4.90 Å². The van der Waals surface area contributed by atoms with Crippen LogP contribution in [0.4, 0.5) is 8.78 Å². The van der Waals surface area contributed by atoms with Crippen molar-refractivity contribution in [1.29, 1.82) is 0 Å². The first-order chi connectivity index (χ1) is 9.06. The van der Waals surface area contributed by atoms with Crippen LogP contribution in [-0.2, 0) is 11.3 Å². The fourth-order valence-electron chi connectivity index (χ4n) is 2.07. The highest BCUT2D eigenvalue weighted by Gasteiger charge is 2.29. The van der Waals surface area contributed by atoms with E-state index in [9.17, 15) is 13.6 Å². The van der Waals surface area contributed by atoms with Gasteiger partial charge in [-0.2, -0.15) is 0 Å². The summed E-state index contributed by atoms with van der Waals surface area (Å²) in [6.07, 6.45) is -0.143. The number of hydrogen-bond donors (Lipinski definition) is 1. The highest BCUT2D eigenvalue weighted by Crippen LogP contribution is 2.28. The van der Waals surface area contributed by atoms with E-state index in [-0.39, 0.29) is 12.0 Å². The molecule has 0 unspecified atom stereocenters. The van der Waals surface area contributed by atoms with Crippen molar-refractivity contribution >= 4 is 5.97 Å². The second kappa shape index (κ2) is 6.10. The minimum Gasteiger partial charge on any atom is -0.481 e. The molecule has 0 heterocycles. The molecule has 0 aromatic heterocycles. The first-order valence-electron chi connectivity index (χ1n) is 6.39. The van der Waals surface area contributed by atoms with E-state index < -0.39 is 12.4 Å². The van der Waals surface area contributed by atoms with Crippen LogP contribution in [0.25, 0.3) is 0 Å².